The summed E-state index contributed by atoms with van der Waals surface area (Å²) < 4.78 is 66.5. The summed E-state index contributed by atoms with van der Waals surface area (Å²) in [7, 11) is 0. The van der Waals surface area contributed by atoms with Crippen molar-refractivity contribution in [2.24, 2.45) is 0 Å². The van der Waals surface area contributed by atoms with Crippen LogP contribution in [0.5, 0.6) is 0 Å². The Bertz CT molecular complexity index is 110. The zero-order chi connectivity index (χ0) is 12.5. The highest BCUT2D eigenvalue weighted by Gasteiger charge is 1.83. The molecule has 0 aromatic rings. The van der Waals surface area contributed by atoms with Gasteiger partial charge in [-0.3, -0.25) is 4.39 Å². The Morgan fingerprint density at radius 2 is 1.53 bits per heavy atom. The monoisotopic (exact) mass is 242 g/mol. The standard InChI is InChI=1S/C3H3F3O.C3H7F.CH2F2O/c4-2-7-1-3(5)6;1-2-3-4;2-1-4-3/h1H,2H2;2-3H2,1H3;1H2. The van der Waals surface area contributed by atoms with E-state index in [1.807, 2.05) is 0 Å². The molecule has 0 heterocycles. The van der Waals surface area contributed by atoms with Crippen molar-refractivity contribution in [3.05, 3.63) is 12.3 Å². The van der Waals surface area contributed by atoms with E-state index in [2.05, 4.69) is 9.68 Å². The second-order valence-electron chi connectivity index (χ2n) is 1.59. The van der Waals surface area contributed by atoms with E-state index in [1.54, 1.807) is 6.92 Å². The lowest BCUT2D eigenvalue weighted by Gasteiger charge is -1.84. The van der Waals surface area contributed by atoms with Gasteiger partial charge in [0.05, 0.1) is 6.67 Å². The molecule has 0 aliphatic rings. The Morgan fingerprint density at radius 3 is 1.60 bits per heavy atom. The molecule has 0 spiro atoms. The SMILES string of the molecule is CCCF.FCOC=C(F)F.FCOF. The molecule has 0 aromatic carbocycles. The number of hydrogen-bond donors (Lipinski definition) is 0. The van der Waals surface area contributed by atoms with Crippen molar-refractivity contribution < 1.29 is 36.2 Å². The Balaban J connectivity index is -0.000000155. The minimum atomic E-state index is -2.03. The average molecular weight is 242 g/mol. The highest BCUT2D eigenvalue weighted by atomic mass is 19.3. The smallest absolute Gasteiger partial charge is 0.304 e. The number of rotatable bonds is 4. The lowest BCUT2D eigenvalue weighted by molar-refractivity contribution is -0.167. The zero-order valence-electron chi connectivity index (χ0n) is 7.99. The highest BCUT2D eigenvalue weighted by Crippen LogP contribution is 1.95. The number of hydrogen-bond acceptors (Lipinski definition) is 2. The largest absolute Gasteiger partial charge is 0.465 e. The van der Waals surface area contributed by atoms with Crippen LogP contribution in [0.4, 0.5) is 26.5 Å². The van der Waals surface area contributed by atoms with Crippen LogP contribution in [0.25, 0.3) is 0 Å². The first-order valence-electron chi connectivity index (χ1n) is 3.64. The zero-order valence-corrected chi connectivity index (χ0v) is 7.99. The van der Waals surface area contributed by atoms with Crippen LogP contribution < -0.4 is 0 Å². The molecule has 0 bridgehead atoms. The van der Waals surface area contributed by atoms with Gasteiger partial charge in [0, 0.05) is 0 Å². The second kappa shape index (κ2) is 23.2. The van der Waals surface area contributed by atoms with Gasteiger partial charge in [-0.05, 0) is 10.9 Å². The summed E-state index contributed by atoms with van der Waals surface area (Å²) in [5, 5.41) is 0. The molecule has 2 nitrogen and oxygen atoms in total. The summed E-state index contributed by atoms with van der Waals surface area (Å²) in [6.07, 6.45) is -1.32. The minimum absolute atomic E-state index is 0.0556. The van der Waals surface area contributed by atoms with Gasteiger partial charge in [-0.1, -0.05) is 6.92 Å². The van der Waals surface area contributed by atoms with Crippen molar-refractivity contribution in [3.63, 3.8) is 0 Å². The van der Waals surface area contributed by atoms with Crippen LogP contribution in [0.2, 0.25) is 0 Å². The van der Waals surface area contributed by atoms with Gasteiger partial charge in [-0.15, -0.1) is 0 Å². The molecule has 0 aromatic heterocycles. The van der Waals surface area contributed by atoms with Crippen molar-refractivity contribution >= 4 is 0 Å². The van der Waals surface area contributed by atoms with Gasteiger partial charge < -0.3 is 4.74 Å². The second-order valence-corrected chi connectivity index (χ2v) is 1.59. The average Bonchev–Trinajstić information content (AvgIpc) is 2.27. The minimum Gasteiger partial charge on any atom is -0.465 e. The number of halogens is 6. The molecule has 0 saturated heterocycles. The topological polar surface area (TPSA) is 18.5 Å². The van der Waals surface area contributed by atoms with E-state index in [9.17, 15) is 26.5 Å². The van der Waals surface area contributed by atoms with Crippen LogP contribution in [0.3, 0.4) is 0 Å². The lowest BCUT2D eigenvalue weighted by atomic mass is 10.6. The van der Waals surface area contributed by atoms with E-state index >= 15 is 0 Å². The molecule has 0 unspecified atom stereocenters. The van der Waals surface area contributed by atoms with E-state index in [0.29, 0.717) is 6.42 Å². The van der Waals surface area contributed by atoms with Gasteiger partial charge in [0.2, 0.25) is 13.7 Å². The summed E-state index contributed by atoms with van der Waals surface area (Å²) in [4.78, 5) is 2.38. The lowest BCUT2D eigenvalue weighted by Crippen LogP contribution is -1.73. The first kappa shape index (κ1) is 19.6. The maximum Gasteiger partial charge on any atom is 0.304 e. The third-order valence-electron chi connectivity index (χ3n) is 0.466. The summed E-state index contributed by atoms with van der Waals surface area (Å²) in [5.41, 5.74) is 0. The normalized spacial score (nSPS) is 7.67. The number of ether oxygens (including phenoxy) is 1. The molecule has 0 aliphatic heterocycles. The fourth-order valence-electron chi connectivity index (χ4n) is 0.0945. The van der Waals surface area contributed by atoms with Crippen molar-refractivity contribution in [1.29, 1.82) is 0 Å². The van der Waals surface area contributed by atoms with Crippen LogP contribution in [0.15, 0.2) is 12.3 Å². The van der Waals surface area contributed by atoms with Gasteiger partial charge in [0.1, 0.15) is 0 Å². The first-order chi connectivity index (χ1) is 7.10. The van der Waals surface area contributed by atoms with Gasteiger partial charge in [0.25, 0.3) is 0 Å². The molecular weight excluding hydrogens is 230 g/mol. The summed E-state index contributed by atoms with van der Waals surface area (Å²) in [5.74, 6) is 0. The van der Waals surface area contributed by atoms with Gasteiger partial charge in [0.15, 0.2) is 6.26 Å². The summed E-state index contributed by atoms with van der Waals surface area (Å²) in [6.45, 7) is -0.933. The Labute approximate surface area is 83.4 Å². The first-order valence-corrected chi connectivity index (χ1v) is 3.64. The molecule has 0 atom stereocenters. The van der Waals surface area contributed by atoms with Gasteiger partial charge in [-0.2, -0.15) is 13.7 Å². The fourth-order valence-corrected chi connectivity index (χ4v) is 0.0945. The molecule has 8 heteroatoms. The molecule has 15 heavy (non-hydrogen) atoms. The Kier molecular flexibility index (Phi) is 30.3. The molecule has 0 amide bonds. The Hall–Kier alpha value is -0.920. The molecule has 0 fully saturated rings. The molecular formula is C7H12F6O2. The van der Waals surface area contributed by atoms with Crippen LogP contribution in [0.1, 0.15) is 13.3 Å². The van der Waals surface area contributed by atoms with Crippen molar-refractivity contribution in [2.45, 2.75) is 13.3 Å². The molecule has 0 rings (SSSR count). The maximum absolute atomic E-state index is 10.8. The molecule has 0 aliphatic carbocycles. The Morgan fingerprint density at radius 1 is 1.13 bits per heavy atom. The van der Waals surface area contributed by atoms with E-state index < -0.39 is 19.8 Å². The van der Waals surface area contributed by atoms with Crippen LogP contribution >= 0.6 is 0 Å². The van der Waals surface area contributed by atoms with E-state index in [1.165, 1.54) is 0 Å². The molecule has 0 radical (unpaired) electrons. The molecule has 94 valence electrons. The maximum atomic E-state index is 10.8. The fraction of sp³-hybridized carbons (Fsp3) is 0.714. The van der Waals surface area contributed by atoms with E-state index in [0.717, 1.165) is 0 Å². The van der Waals surface area contributed by atoms with Crippen molar-refractivity contribution in [2.75, 3.05) is 20.4 Å². The third kappa shape index (κ3) is 62.2. The van der Waals surface area contributed by atoms with Crippen LogP contribution in [0, 0.1) is 0 Å². The highest BCUT2D eigenvalue weighted by molar-refractivity contribution is 4.68. The van der Waals surface area contributed by atoms with Crippen LogP contribution in [-0.2, 0) is 9.68 Å². The predicted octanol–water partition coefficient (Wildman–Crippen LogP) is 3.85. The summed E-state index contributed by atoms with van der Waals surface area (Å²) >= 11 is 0. The van der Waals surface area contributed by atoms with Gasteiger partial charge in [-0.25, -0.2) is 8.78 Å². The molecule has 0 saturated carbocycles. The third-order valence-corrected chi connectivity index (χ3v) is 0.466. The quantitative estimate of drug-likeness (QED) is 0.550. The van der Waals surface area contributed by atoms with E-state index in [-0.39, 0.29) is 12.9 Å². The number of alkyl halides is 3. The van der Waals surface area contributed by atoms with Gasteiger partial charge >= 0.3 is 6.08 Å². The molecule has 0 N–H and O–H groups in total. The predicted molar refractivity (Wildman–Crippen MR) is 41.8 cm³/mol. The van der Waals surface area contributed by atoms with Crippen molar-refractivity contribution in [3.8, 4) is 0 Å². The van der Waals surface area contributed by atoms with E-state index in [4.69, 9.17) is 0 Å². The summed E-state index contributed by atoms with van der Waals surface area (Å²) in [6, 6.07) is 0. The van der Waals surface area contributed by atoms with Crippen LogP contribution in [-0.4, -0.2) is 20.4 Å². The van der Waals surface area contributed by atoms with Crippen molar-refractivity contribution in [1.82, 2.24) is 0 Å².